The van der Waals surface area contributed by atoms with Crippen LogP contribution in [0.15, 0.2) is 60.7 Å². The lowest BCUT2D eigenvalue weighted by Crippen LogP contribution is -2.51. The van der Waals surface area contributed by atoms with Crippen LogP contribution in [-0.2, 0) is 16.1 Å². The van der Waals surface area contributed by atoms with E-state index in [0.717, 1.165) is 50.5 Å². The Morgan fingerprint density at radius 2 is 1.24 bits per heavy atom. The van der Waals surface area contributed by atoms with Crippen LogP contribution in [0.3, 0.4) is 0 Å². The van der Waals surface area contributed by atoms with Crippen molar-refractivity contribution in [2.45, 2.75) is 148 Å². The van der Waals surface area contributed by atoms with Gasteiger partial charge in [-0.3, -0.25) is 0 Å². The average Bonchev–Trinajstić information content (AvgIpc) is 3.00. The Labute approximate surface area is 257 Å². The van der Waals surface area contributed by atoms with E-state index >= 15 is 0 Å². The molecule has 238 valence electrons. The molecule has 0 aromatic heterocycles. The number of benzene rings is 2. The van der Waals surface area contributed by atoms with Crippen LogP contribution < -0.4 is 10.8 Å². The number of hydrogen-bond acceptors (Lipinski definition) is 4. The van der Waals surface area contributed by atoms with Gasteiger partial charge in [0, 0.05) is 23.9 Å². The summed E-state index contributed by atoms with van der Waals surface area (Å²) in [7, 11) is 0. The zero-order chi connectivity index (χ0) is 30.8. The minimum atomic E-state index is -1.14. The molecule has 0 fully saturated rings. The molecule has 2 rings (SSSR count). The van der Waals surface area contributed by atoms with E-state index in [-0.39, 0.29) is 6.10 Å². The number of ether oxygens (including phenoxy) is 1. The number of unbranched alkanes of at least 4 members (excludes halogenated alkanes) is 11. The summed E-state index contributed by atoms with van der Waals surface area (Å²) in [4.78, 5) is 11.7. The van der Waals surface area contributed by atoms with Gasteiger partial charge in [-0.25, -0.2) is 0 Å². The molecule has 5 nitrogen and oxygen atoms in total. The van der Waals surface area contributed by atoms with Crippen molar-refractivity contribution >= 4 is 5.97 Å². The molecule has 0 aliphatic carbocycles. The highest BCUT2D eigenvalue weighted by Gasteiger charge is 2.24. The molecule has 4 atom stereocenters. The highest BCUT2D eigenvalue weighted by atomic mass is 16.5. The molecule has 0 saturated carbocycles. The fourth-order valence-electron chi connectivity index (χ4n) is 5.21. The van der Waals surface area contributed by atoms with Gasteiger partial charge in [0.15, 0.2) is 0 Å². The second kappa shape index (κ2) is 25.3. The van der Waals surface area contributed by atoms with Gasteiger partial charge >= 0.3 is 0 Å². The van der Waals surface area contributed by atoms with Crippen LogP contribution in [0, 0.1) is 5.92 Å². The molecule has 0 aliphatic heterocycles. The van der Waals surface area contributed by atoms with E-state index in [9.17, 15) is 15.0 Å². The van der Waals surface area contributed by atoms with E-state index in [1.807, 2.05) is 48.5 Å². The Kier molecular flexibility index (Phi) is 22.8. The standard InChI is InChI=1S/C29H50O4.C8H11N/c1-3-5-7-9-10-11-12-13-17-21-26(33-24-25-19-15-14-16-20-25)23-28(30)27(29(31)32)22-18-8-6-4-2;1-7(9)8-5-3-2-4-6-8/h14-16,19-20,26-28,30H,3-13,17-18,21-24H2,1-2H3,(H,31,32);2-7H,9H2,1H3/t26-,27+,28+;/m1./s1. The summed E-state index contributed by atoms with van der Waals surface area (Å²) in [5, 5.41) is 22.4. The van der Waals surface area contributed by atoms with Gasteiger partial charge < -0.3 is 25.5 Å². The van der Waals surface area contributed by atoms with Gasteiger partial charge in [-0.2, -0.15) is 0 Å². The van der Waals surface area contributed by atoms with Gasteiger partial charge in [0.25, 0.3) is 0 Å². The predicted octanol–water partition coefficient (Wildman–Crippen LogP) is 7.57. The van der Waals surface area contributed by atoms with Crippen molar-refractivity contribution in [2.75, 3.05) is 0 Å². The van der Waals surface area contributed by atoms with Crippen molar-refractivity contribution < 1.29 is 25.5 Å². The zero-order valence-corrected chi connectivity index (χ0v) is 27.0. The van der Waals surface area contributed by atoms with Crippen LogP contribution in [0.4, 0.5) is 0 Å². The second-order valence-electron chi connectivity index (χ2n) is 11.9. The first-order chi connectivity index (χ1) is 20.4. The van der Waals surface area contributed by atoms with E-state index in [1.165, 1.54) is 50.5 Å². The van der Waals surface area contributed by atoms with E-state index in [2.05, 4.69) is 38.6 Å². The van der Waals surface area contributed by atoms with Crippen molar-refractivity contribution in [3.8, 4) is 0 Å². The van der Waals surface area contributed by atoms with Crippen molar-refractivity contribution in [2.24, 2.45) is 5.92 Å². The highest BCUT2D eigenvalue weighted by Crippen LogP contribution is 2.22. The third-order valence-electron chi connectivity index (χ3n) is 7.97. The smallest absolute Gasteiger partial charge is 0.107 e. The zero-order valence-electron chi connectivity index (χ0n) is 27.0. The Balaban J connectivity index is 0.000000827. The number of hydrogen-bond donors (Lipinski definition) is 2. The number of carboxylic acid groups (broad SMARTS) is 1. The van der Waals surface area contributed by atoms with Crippen LogP contribution in [-0.4, -0.2) is 23.3 Å². The van der Waals surface area contributed by atoms with Gasteiger partial charge in [-0.05, 0) is 25.3 Å². The number of carboxylic acids is 1. The van der Waals surface area contributed by atoms with Gasteiger partial charge in [-0.15, -0.1) is 0 Å². The highest BCUT2D eigenvalue weighted by molar-refractivity contribution is 5.68. The lowest BCUT2D eigenvalue weighted by atomic mass is 9.90. The van der Waals surface area contributed by atoms with Gasteiger partial charge in [0.05, 0.1) is 18.8 Å². The van der Waals surface area contributed by atoms with Crippen LogP contribution in [0.25, 0.3) is 0 Å². The SMILES string of the molecule is CC([NH3+])c1ccccc1.CCCCCCCCCCC[C@H](C[C@H](O)[C@H](CCCCCC)C(=O)[O-])OCc1ccccc1. The largest absolute Gasteiger partial charge is 0.550 e. The van der Waals surface area contributed by atoms with Crippen molar-refractivity contribution in [3.05, 3.63) is 71.8 Å². The Hall–Kier alpha value is -2.21. The summed E-state index contributed by atoms with van der Waals surface area (Å²) < 4.78 is 6.17. The lowest BCUT2D eigenvalue weighted by molar-refractivity contribution is -0.420. The monoisotopic (exact) mass is 583 g/mol. The maximum Gasteiger partial charge on any atom is 0.107 e. The molecule has 42 heavy (non-hydrogen) atoms. The van der Waals surface area contributed by atoms with Gasteiger partial charge in [0.2, 0.25) is 0 Å². The van der Waals surface area contributed by atoms with Crippen LogP contribution in [0.2, 0.25) is 0 Å². The quantitative estimate of drug-likeness (QED) is 0.132. The molecule has 1 unspecified atom stereocenters. The second-order valence-corrected chi connectivity index (χ2v) is 11.9. The first kappa shape index (κ1) is 37.8. The summed E-state index contributed by atoms with van der Waals surface area (Å²) >= 11 is 0. The molecule has 2 aromatic carbocycles. The van der Waals surface area contributed by atoms with Crippen molar-refractivity contribution in [1.29, 1.82) is 0 Å². The maximum atomic E-state index is 11.7. The van der Waals surface area contributed by atoms with Crippen molar-refractivity contribution in [1.82, 2.24) is 0 Å². The van der Waals surface area contributed by atoms with Crippen LogP contribution >= 0.6 is 0 Å². The molecule has 0 amide bonds. The summed E-state index contributed by atoms with van der Waals surface area (Å²) in [6.07, 6.45) is 16.0. The fourth-order valence-corrected chi connectivity index (χ4v) is 5.21. The minimum Gasteiger partial charge on any atom is -0.550 e. The normalized spacial score (nSPS) is 13.9. The molecule has 0 saturated heterocycles. The number of carbonyl (C=O) groups is 1. The number of aliphatic hydroxyl groups is 1. The number of carbonyl (C=O) groups excluding carboxylic acids is 1. The minimum absolute atomic E-state index is 0.137. The summed E-state index contributed by atoms with van der Waals surface area (Å²) in [6.45, 7) is 6.96. The summed E-state index contributed by atoms with van der Waals surface area (Å²) in [6, 6.07) is 20.7. The molecular formula is C37H61NO4. The summed E-state index contributed by atoms with van der Waals surface area (Å²) in [5.41, 5.74) is 6.31. The van der Waals surface area contributed by atoms with Crippen molar-refractivity contribution in [3.63, 3.8) is 0 Å². The van der Waals surface area contributed by atoms with E-state index < -0.39 is 18.0 Å². The molecule has 4 N–H and O–H groups in total. The fraction of sp³-hybridized carbons (Fsp3) is 0.649. The molecule has 0 spiro atoms. The predicted molar refractivity (Wildman–Crippen MR) is 172 cm³/mol. The third-order valence-corrected chi connectivity index (χ3v) is 7.97. The number of aliphatic carboxylic acids is 1. The third kappa shape index (κ3) is 19.1. The molecule has 0 bridgehead atoms. The van der Waals surface area contributed by atoms with E-state index in [4.69, 9.17) is 4.74 Å². The number of rotatable bonds is 23. The summed E-state index contributed by atoms with van der Waals surface area (Å²) in [5.74, 6) is -1.95. The first-order valence-electron chi connectivity index (χ1n) is 16.8. The van der Waals surface area contributed by atoms with E-state index in [0.29, 0.717) is 25.5 Å². The van der Waals surface area contributed by atoms with Crippen LogP contribution in [0.1, 0.15) is 141 Å². The Morgan fingerprint density at radius 3 is 1.74 bits per heavy atom. The number of aliphatic hydroxyl groups excluding tert-OH is 1. The van der Waals surface area contributed by atoms with Gasteiger partial charge in [0.1, 0.15) is 6.04 Å². The topological polar surface area (TPSA) is 97.2 Å². The molecule has 5 heteroatoms. The van der Waals surface area contributed by atoms with Crippen LogP contribution in [0.5, 0.6) is 0 Å². The molecular weight excluding hydrogens is 522 g/mol. The number of quaternary nitrogens is 1. The Morgan fingerprint density at radius 1 is 0.762 bits per heavy atom. The lowest BCUT2D eigenvalue weighted by Gasteiger charge is -2.28. The molecule has 0 heterocycles. The average molecular weight is 584 g/mol. The molecule has 2 aromatic rings. The molecule has 0 radical (unpaired) electrons. The van der Waals surface area contributed by atoms with E-state index in [1.54, 1.807) is 0 Å². The maximum absolute atomic E-state index is 11.7. The first-order valence-corrected chi connectivity index (χ1v) is 16.8. The Bertz CT molecular complexity index is 874. The molecule has 0 aliphatic rings. The van der Waals surface area contributed by atoms with Gasteiger partial charge in [-0.1, -0.05) is 158 Å².